The summed E-state index contributed by atoms with van der Waals surface area (Å²) >= 11 is 0. The molecule has 1 fully saturated rings. The maximum absolute atomic E-state index is 11.0. The number of hydrogen-bond acceptors (Lipinski definition) is 3. The van der Waals surface area contributed by atoms with Gasteiger partial charge in [0.2, 0.25) is 0 Å². The normalized spacial score (nSPS) is 22.9. The van der Waals surface area contributed by atoms with E-state index < -0.39 is 5.97 Å². The van der Waals surface area contributed by atoms with E-state index in [1.807, 2.05) is 0 Å². The average molecular weight is 277 g/mol. The van der Waals surface area contributed by atoms with Crippen LogP contribution in [0, 0.1) is 5.92 Å². The molecule has 1 saturated heterocycles. The maximum Gasteiger partial charge on any atom is 0.307 e. The predicted octanol–water partition coefficient (Wildman–Crippen LogP) is 2.35. The molecule has 4 nitrogen and oxygen atoms in total. The molecule has 2 N–H and O–H groups in total. The molecule has 0 bridgehead atoms. The first-order chi connectivity index (χ1) is 9.44. The smallest absolute Gasteiger partial charge is 0.307 e. The SMILES string of the molecule is COCC(C)(C)c1ccc(C2CC(C(=O)O)CN2)cc1. The lowest BCUT2D eigenvalue weighted by Crippen LogP contribution is -2.23. The van der Waals surface area contributed by atoms with Crippen molar-refractivity contribution in [3.63, 3.8) is 0 Å². The van der Waals surface area contributed by atoms with Gasteiger partial charge in [0.05, 0.1) is 12.5 Å². The zero-order chi connectivity index (χ0) is 14.8. The number of ether oxygens (including phenoxy) is 1. The number of carboxylic acid groups (broad SMARTS) is 1. The summed E-state index contributed by atoms with van der Waals surface area (Å²) in [6.45, 7) is 5.53. The summed E-state index contributed by atoms with van der Waals surface area (Å²) in [5.41, 5.74) is 2.38. The Morgan fingerprint density at radius 1 is 1.40 bits per heavy atom. The average Bonchev–Trinajstić information content (AvgIpc) is 2.88. The van der Waals surface area contributed by atoms with Crippen molar-refractivity contribution in [3.05, 3.63) is 35.4 Å². The first kappa shape index (κ1) is 15.0. The number of nitrogens with one attached hydrogen (secondary N) is 1. The van der Waals surface area contributed by atoms with Crippen LogP contribution in [0.15, 0.2) is 24.3 Å². The first-order valence-electron chi connectivity index (χ1n) is 6.99. The van der Waals surface area contributed by atoms with E-state index in [4.69, 9.17) is 9.84 Å². The van der Waals surface area contributed by atoms with Gasteiger partial charge in [-0.15, -0.1) is 0 Å². The van der Waals surface area contributed by atoms with Gasteiger partial charge in [0.1, 0.15) is 0 Å². The van der Waals surface area contributed by atoms with Crippen LogP contribution < -0.4 is 5.32 Å². The fourth-order valence-corrected chi connectivity index (χ4v) is 2.79. The van der Waals surface area contributed by atoms with Crippen molar-refractivity contribution in [2.45, 2.75) is 31.7 Å². The van der Waals surface area contributed by atoms with E-state index in [2.05, 4.69) is 43.4 Å². The molecule has 110 valence electrons. The second-order valence-corrected chi connectivity index (χ2v) is 6.17. The molecule has 1 aromatic carbocycles. The van der Waals surface area contributed by atoms with Crippen molar-refractivity contribution in [1.29, 1.82) is 0 Å². The number of methoxy groups -OCH3 is 1. The summed E-state index contributed by atoms with van der Waals surface area (Å²) in [4.78, 5) is 11.0. The number of hydrogen-bond donors (Lipinski definition) is 2. The largest absolute Gasteiger partial charge is 0.481 e. The summed E-state index contributed by atoms with van der Waals surface area (Å²) in [5.74, 6) is -0.984. The Hall–Kier alpha value is -1.39. The summed E-state index contributed by atoms with van der Waals surface area (Å²) in [7, 11) is 1.71. The van der Waals surface area contributed by atoms with Gasteiger partial charge in [-0.3, -0.25) is 4.79 Å². The number of carbonyl (C=O) groups is 1. The van der Waals surface area contributed by atoms with Crippen LogP contribution in [-0.4, -0.2) is 31.3 Å². The van der Waals surface area contributed by atoms with E-state index in [1.54, 1.807) is 7.11 Å². The highest BCUT2D eigenvalue weighted by Gasteiger charge is 2.30. The van der Waals surface area contributed by atoms with Crippen LogP contribution >= 0.6 is 0 Å². The van der Waals surface area contributed by atoms with Crippen LogP contribution in [0.4, 0.5) is 0 Å². The molecular formula is C16H23NO3. The lowest BCUT2D eigenvalue weighted by Gasteiger charge is -2.24. The molecule has 0 amide bonds. The Balaban J connectivity index is 2.08. The Labute approximate surface area is 120 Å². The van der Waals surface area contributed by atoms with Gasteiger partial charge < -0.3 is 15.2 Å². The van der Waals surface area contributed by atoms with Crippen molar-refractivity contribution in [2.75, 3.05) is 20.3 Å². The number of aliphatic carboxylic acids is 1. The van der Waals surface area contributed by atoms with E-state index in [9.17, 15) is 4.79 Å². The molecule has 0 aliphatic carbocycles. The van der Waals surface area contributed by atoms with Crippen molar-refractivity contribution in [1.82, 2.24) is 5.32 Å². The van der Waals surface area contributed by atoms with E-state index in [0.29, 0.717) is 19.6 Å². The highest BCUT2D eigenvalue weighted by molar-refractivity contribution is 5.70. The summed E-state index contributed by atoms with van der Waals surface area (Å²) in [5, 5.41) is 12.3. The van der Waals surface area contributed by atoms with Crippen LogP contribution in [0.25, 0.3) is 0 Å². The molecule has 4 heteroatoms. The molecule has 0 spiro atoms. The Bertz CT molecular complexity index is 467. The maximum atomic E-state index is 11.0. The van der Waals surface area contributed by atoms with Crippen LogP contribution in [0.5, 0.6) is 0 Å². The Morgan fingerprint density at radius 3 is 2.55 bits per heavy atom. The van der Waals surface area contributed by atoms with Crippen LogP contribution in [-0.2, 0) is 14.9 Å². The van der Waals surface area contributed by atoms with Crippen LogP contribution in [0.3, 0.4) is 0 Å². The van der Waals surface area contributed by atoms with Gasteiger partial charge in [-0.25, -0.2) is 0 Å². The molecule has 0 aromatic heterocycles. The van der Waals surface area contributed by atoms with E-state index in [0.717, 1.165) is 5.56 Å². The van der Waals surface area contributed by atoms with Crippen LogP contribution in [0.2, 0.25) is 0 Å². The van der Waals surface area contributed by atoms with Crippen molar-refractivity contribution in [3.8, 4) is 0 Å². The quantitative estimate of drug-likeness (QED) is 0.867. The van der Waals surface area contributed by atoms with Crippen molar-refractivity contribution in [2.24, 2.45) is 5.92 Å². The molecule has 0 saturated carbocycles. The van der Waals surface area contributed by atoms with Crippen molar-refractivity contribution >= 4 is 5.97 Å². The van der Waals surface area contributed by atoms with Gasteiger partial charge in [-0.2, -0.15) is 0 Å². The van der Waals surface area contributed by atoms with Gasteiger partial charge in [-0.05, 0) is 17.5 Å². The second-order valence-electron chi connectivity index (χ2n) is 6.17. The molecule has 2 rings (SSSR count). The molecule has 1 aromatic rings. The van der Waals surface area contributed by atoms with Gasteiger partial charge in [0.25, 0.3) is 0 Å². The Morgan fingerprint density at radius 2 is 2.05 bits per heavy atom. The molecule has 1 aliphatic rings. The minimum atomic E-state index is -0.710. The molecule has 20 heavy (non-hydrogen) atoms. The summed E-state index contributed by atoms with van der Waals surface area (Å²) in [6, 6.07) is 8.56. The zero-order valence-corrected chi connectivity index (χ0v) is 12.3. The zero-order valence-electron chi connectivity index (χ0n) is 12.3. The van der Waals surface area contributed by atoms with E-state index in [-0.39, 0.29) is 17.4 Å². The molecule has 1 heterocycles. The molecule has 1 aliphatic heterocycles. The molecule has 2 atom stereocenters. The third-order valence-electron chi connectivity index (χ3n) is 4.08. The molecule has 2 unspecified atom stereocenters. The number of rotatable bonds is 5. The fourth-order valence-electron chi connectivity index (χ4n) is 2.79. The summed E-state index contributed by atoms with van der Waals surface area (Å²) in [6.07, 6.45) is 0.663. The first-order valence-corrected chi connectivity index (χ1v) is 6.99. The topological polar surface area (TPSA) is 58.6 Å². The minimum absolute atomic E-state index is 0.0139. The van der Waals surface area contributed by atoms with E-state index in [1.165, 1.54) is 5.56 Å². The third kappa shape index (κ3) is 3.19. The minimum Gasteiger partial charge on any atom is -0.481 e. The van der Waals surface area contributed by atoms with Gasteiger partial charge in [0.15, 0.2) is 0 Å². The second kappa shape index (κ2) is 5.94. The van der Waals surface area contributed by atoms with Gasteiger partial charge >= 0.3 is 5.97 Å². The van der Waals surface area contributed by atoms with Crippen LogP contribution in [0.1, 0.15) is 37.4 Å². The molecule has 0 radical (unpaired) electrons. The number of benzene rings is 1. The predicted molar refractivity (Wildman–Crippen MR) is 77.8 cm³/mol. The highest BCUT2D eigenvalue weighted by Crippen LogP contribution is 2.30. The standard InChI is InChI=1S/C16H23NO3/c1-16(2,10-20-3)13-6-4-11(5-7-13)14-8-12(9-17-14)15(18)19/h4-7,12,14,17H,8-10H2,1-3H3,(H,18,19). The lowest BCUT2D eigenvalue weighted by atomic mass is 9.84. The Kier molecular flexibility index (Phi) is 4.45. The van der Waals surface area contributed by atoms with Gasteiger partial charge in [-0.1, -0.05) is 38.1 Å². The highest BCUT2D eigenvalue weighted by atomic mass is 16.5. The van der Waals surface area contributed by atoms with Gasteiger partial charge in [0, 0.05) is 25.1 Å². The molecular weight excluding hydrogens is 254 g/mol. The number of carboxylic acids is 1. The summed E-state index contributed by atoms with van der Waals surface area (Å²) < 4.78 is 5.25. The third-order valence-corrected chi connectivity index (χ3v) is 4.08. The monoisotopic (exact) mass is 277 g/mol. The van der Waals surface area contributed by atoms with E-state index >= 15 is 0 Å². The van der Waals surface area contributed by atoms with Crippen molar-refractivity contribution < 1.29 is 14.6 Å². The lowest BCUT2D eigenvalue weighted by molar-refractivity contribution is -0.141. The fraction of sp³-hybridized carbons (Fsp3) is 0.562.